The van der Waals surface area contributed by atoms with E-state index in [0.717, 1.165) is 20.8 Å². The minimum Gasteiger partial charge on any atom is -0.352 e. The molecule has 3 aromatic rings. The molecular weight excluding hydrogens is 649 g/mol. The summed E-state index contributed by atoms with van der Waals surface area (Å²) < 4.78 is 29.7. The second kappa shape index (κ2) is 14.5. The molecule has 0 spiro atoms. The Labute approximate surface area is 261 Å². The van der Waals surface area contributed by atoms with Crippen molar-refractivity contribution in [2.45, 2.75) is 64.1 Å². The molecule has 0 bridgehead atoms. The van der Waals surface area contributed by atoms with Gasteiger partial charge in [-0.15, -0.1) is 0 Å². The van der Waals surface area contributed by atoms with Crippen molar-refractivity contribution in [2.24, 2.45) is 0 Å². The van der Waals surface area contributed by atoms with Gasteiger partial charge in [0.1, 0.15) is 12.6 Å². The quantitative estimate of drug-likeness (QED) is 0.223. The third kappa shape index (κ3) is 8.47. The summed E-state index contributed by atoms with van der Waals surface area (Å²) in [6.07, 6.45) is 1.04. The summed E-state index contributed by atoms with van der Waals surface area (Å²) in [7, 11) is -4.14. The minimum absolute atomic E-state index is 0.0287. The summed E-state index contributed by atoms with van der Waals surface area (Å²) in [6.45, 7) is 7.02. The predicted molar refractivity (Wildman–Crippen MR) is 169 cm³/mol. The van der Waals surface area contributed by atoms with Crippen LogP contribution in [0.4, 0.5) is 5.69 Å². The van der Waals surface area contributed by atoms with Crippen LogP contribution in [0.5, 0.6) is 0 Å². The van der Waals surface area contributed by atoms with Crippen LogP contribution in [0.1, 0.15) is 44.7 Å². The third-order valence-corrected chi connectivity index (χ3v) is 9.78. The monoisotopic (exact) mass is 681 g/mol. The fourth-order valence-electron chi connectivity index (χ4n) is 4.17. The van der Waals surface area contributed by atoms with E-state index in [9.17, 15) is 18.0 Å². The van der Waals surface area contributed by atoms with Crippen molar-refractivity contribution in [1.29, 1.82) is 0 Å². The molecule has 0 aromatic heterocycles. The number of nitrogens with one attached hydrogen (secondary N) is 1. The highest BCUT2D eigenvalue weighted by molar-refractivity contribution is 9.10. The van der Waals surface area contributed by atoms with E-state index in [-0.39, 0.29) is 23.4 Å². The lowest BCUT2D eigenvalue weighted by molar-refractivity contribution is -0.140. The van der Waals surface area contributed by atoms with Crippen LogP contribution in [0.2, 0.25) is 10.0 Å². The summed E-state index contributed by atoms with van der Waals surface area (Å²) in [5.41, 5.74) is 1.87. The second-order valence-electron chi connectivity index (χ2n) is 9.81. The predicted octanol–water partition coefficient (Wildman–Crippen LogP) is 6.98. The molecule has 0 aliphatic heterocycles. The first-order chi connectivity index (χ1) is 19.4. The van der Waals surface area contributed by atoms with Gasteiger partial charge in [0.05, 0.1) is 20.6 Å². The van der Waals surface area contributed by atoms with Crippen LogP contribution >= 0.6 is 39.1 Å². The average molecular weight is 683 g/mol. The van der Waals surface area contributed by atoms with Crippen molar-refractivity contribution < 1.29 is 18.0 Å². The first kappa shape index (κ1) is 32.9. The number of halogens is 3. The number of carbonyl (C=O) groups is 2. The van der Waals surface area contributed by atoms with Gasteiger partial charge in [-0.3, -0.25) is 13.9 Å². The summed E-state index contributed by atoms with van der Waals surface area (Å²) in [4.78, 5) is 28.9. The Morgan fingerprint density at radius 2 is 1.56 bits per heavy atom. The van der Waals surface area contributed by atoms with E-state index in [2.05, 4.69) is 21.2 Å². The molecule has 2 amide bonds. The number of carbonyl (C=O) groups excluding carboxylic acids is 2. The first-order valence-electron chi connectivity index (χ1n) is 13.3. The lowest BCUT2D eigenvalue weighted by Crippen LogP contribution is -2.53. The molecule has 11 heteroatoms. The van der Waals surface area contributed by atoms with Gasteiger partial charge < -0.3 is 10.2 Å². The number of sulfonamides is 1. The summed E-state index contributed by atoms with van der Waals surface area (Å²) >= 11 is 15.7. The smallest absolute Gasteiger partial charge is 0.264 e. The maximum absolute atomic E-state index is 14.1. The van der Waals surface area contributed by atoms with Crippen molar-refractivity contribution in [3.63, 3.8) is 0 Å². The van der Waals surface area contributed by atoms with E-state index in [4.69, 9.17) is 23.2 Å². The SMILES string of the molecule is CC[C@H](C)NC(=O)[C@H](CC)N(Cc1ccc(Cl)c(Cl)c1)C(=O)CN(c1ccc(Br)cc1)S(=O)(=O)c1ccc(C)cc1. The molecule has 0 fully saturated rings. The van der Waals surface area contributed by atoms with Gasteiger partial charge in [-0.25, -0.2) is 8.42 Å². The molecule has 0 unspecified atom stereocenters. The number of anilines is 1. The van der Waals surface area contributed by atoms with Crippen molar-refractivity contribution in [3.05, 3.63) is 92.4 Å². The van der Waals surface area contributed by atoms with Gasteiger partial charge in [0, 0.05) is 17.1 Å². The Morgan fingerprint density at radius 1 is 0.927 bits per heavy atom. The maximum Gasteiger partial charge on any atom is 0.264 e. The molecule has 3 rings (SSSR count). The van der Waals surface area contributed by atoms with Gasteiger partial charge in [-0.2, -0.15) is 0 Å². The Kier molecular flexibility index (Phi) is 11.7. The van der Waals surface area contributed by atoms with E-state index in [1.807, 2.05) is 27.7 Å². The zero-order chi connectivity index (χ0) is 30.3. The van der Waals surface area contributed by atoms with Crippen molar-refractivity contribution in [2.75, 3.05) is 10.8 Å². The fraction of sp³-hybridized carbons (Fsp3) is 0.333. The number of nitrogens with zero attached hydrogens (tertiary/aromatic N) is 2. The summed E-state index contributed by atoms with van der Waals surface area (Å²) in [6, 6.07) is 17.2. The fourth-order valence-corrected chi connectivity index (χ4v) is 6.17. The largest absolute Gasteiger partial charge is 0.352 e. The van der Waals surface area contributed by atoms with Gasteiger partial charge >= 0.3 is 0 Å². The number of amides is 2. The van der Waals surface area contributed by atoms with Crippen LogP contribution in [0.3, 0.4) is 0 Å². The molecular formula is C30H34BrCl2N3O4S. The number of benzene rings is 3. The lowest BCUT2D eigenvalue weighted by atomic mass is 10.1. The molecule has 2 atom stereocenters. The van der Waals surface area contributed by atoms with Gasteiger partial charge in [0.2, 0.25) is 11.8 Å². The minimum atomic E-state index is -4.14. The van der Waals surface area contributed by atoms with Crippen LogP contribution in [0.25, 0.3) is 0 Å². The van der Waals surface area contributed by atoms with Crippen molar-refractivity contribution >= 4 is 66.7 Å². The zero-order valence-electron chi connectivity index (χ0n) is 23.4. The molecule has 0 saturated carbocycles. The van der Waals surface area contributed by atoms with E-state index in [1.165, 1.54) is 17.0 Å². The summed E-state index contributed by atoms with van der Waals surface area (Å²) in [5.74, 6) is -0.854. The molecule has 41 heavy (non-hydrogen) atoms. The topological polar surface area (TPSA) is 86.8 Å². The van der Waals surface area contributed by atoms with Gasteiger partial charge in [0.15, 0.2) is 0 Å². The first-order valence-corrected chi connectivity index (χ1v) is 16.2. The van der Waals surface area contributed by atoms with E-state index in [0.29, 0.717) is 27.7 Å². The van der Waals surface area contributed by atoms with Crippen LogP contribution < -0.4 is 9.62 Å². The van der Waals surface area contributed by atoms with Crippen molar-refractivity contribution in [1.82, 2.24) is 10.2 Å². The maximum atomic E-state index is 14.1. The normalized spacial score (nSPS) is 12.9. The van der Waals surface area contributed by atoms with Gasteiger partial charge in [-0.1, -0.05) is 76.7 Å². The Morgan fingerprint density at radius 3 is 2.12 bits per heavy atom. The summed E-state index contributed by atoms with van der Waals surface area (Å²) in [5, 5.41) is 3.63. The molecule has 0 saturated heterocycles. The van der Waals surface area contributed by atoms with Gasteiger partial charge in [-0.05, 0) is 80.8 Å². The lowest BCUT2D eigenvalue weighted by Gasteiger charge is -2.33. The van der Waals surface area contributed by atoms with E-state index >= 15 is 0 Å². The molecule has 220 valence electrons. The standard InChI is InChI=1S/C30H34BrCl2N3O4S/c1-5-21(4)34-30(38)28(6-2)35(18-22-9-16-26(32)27(33)17-22)29(37)19-36(24-12-10-23(31)11-13-24)41(39,40)25-14-7-20(3)8-15-25/h7-17,21,28H,5-6,18-19H2,1-4H3,(H,34,38)/t21-,28-/m0/s1. The Hall–Kier alpha value is -2.59. The molecule has 0 aliphatic rings. The molecule has 1 N–H and O–H groups in total. The average Bonchev–Trinajstić information content (AvgIpc) is 2.94. The Balaban J connectivity index is 2.07. The third-order valence-electron chi connectivity index (χ3n) is 6.73. The second-order valence-corrected chi connectivity index (χ2v) is 13.4. The molecule has 3 aromatic carbocycles. The van der Waals surface area contributed by atoms with E-state index in [1.54, 1.807) is 54.6 Å². The highest BCUT2D eigenvalue weighted by atomic mass is 79.9. The van der Waals surface area contributed by atoms with Crippen LogP contribution in [0, 0.1) is 6.92 Å². The number of rotatable bonds is 12. The number of aryl methyl sites for hydroxylation is 1. The number of hydrogen-bond acceptors (Lipinski definition) is 4. The number of hydrogen-bond donors (Lipinski definition) is 1. The highest BCUT2D eigenvalue weighted by Crippen LogP contribution is 2.28. The van der Waals surface area contributed by atoms with Crippen LogP contribution in [-0.4, -0.2) is 43.8 Å². The Bertz CT molecular complexity index is 1470. The molecule has 7 nitrogen and oxygen atoms in total. The van der Waals surface area contributed by atoms with Gasteiger partial charge in [0.25, 0.3) is 10.0 Å². The molecule has 0 heterocycles. The van der Waals surface area contributed by atoms with Crippen LogP contribution in [0.15, 0.2) is 76.1 Å². The van der Waals surface area contributed by atoms with Crippen molar-refractivity contribution in [3.8, 4) is 0 Å². The zero-order valence-corrected chi connectivity index (χ0v) is 27.3. The van der Waals surface area contributed by atoms with E-state index < -0.39 is 28.5 Å². The van der Waals surface area contributed by atoms with Crippen LogP contribution in [-0.2, 0) is 26.2 Å². The molecule has 0 radical (unpaired) electrons. The highest BCUT2D eigenvalue weighted by Gasteiger charge is 2.34. The molecule has 0 aliphatic carbocycles.